The molecule has 0 amide bonds. The smallest absolute Gasteiger partial charge is 0.462 e. The molecule has 0 spiro atoms. The Kier molecular flexibility index (Phi) is 42.9. The van der Waals surface area contributed by atoms with Crippen molar-refractivity contribution in [3.05, 3.63) is 97.2 Å². The molecule has 1 N–H and O–H groups in total. The van der Waals surface area contributed by atoms with Crippen molar-refractivity contribution in [3.63, 3.8) is 0 Å². The van der Waals surface area contributed by atoms with Gasteiger partial charge < -0.3 is 18.9 Å². The Morgan fingerprint density at radius 1 is 0.500 bits per heavy atom. The number of carbonyl (C=O) groups excluding carboxylic acids is 2. The highest BCUT2D eigenvalue weighted by Gasteiger charge is 2.27. The molecule has 0 aliphatic heterocycles. The van der Waals surface area contributed by atoms with E-state index < -0.39 is 26.5 Å². The summed E-state index contributed by atoms with van der Waals surface area (Å²) in [5.74, 6) is -0.839. The van der Waals surface area contributed by atoms with Crippen LogP contribution in [0.25, 0.3) is 0 Å². The minimum Gasteiger partial charge on any atom is -0.462 e. The first kappa shape index (κ1) is 60.9. The number of quaternary nitrogens is 1. The van der Waals surface area contributed by atoms with Crippen LogP contribution in [0.5, 0.6) is 0 Å². The van der Waals surface area contributed by atoms with Gasteiger partial charge in [-0.2, -0.15) is 0 Å². The lowest BCUT2D eigenvalue weighted by molar-refractivity contribution is -0.870. The van der Waals surface area contributed by atoms with E-state index in [1.807, 2.05) is 21.1 Å². The van der Waals surface area contributed by atoms with Crippen LogP contribution in [-0.2, 0) is 32.7 Å². The van der Waals surface area contributed by atoms with Crippen LogP contribution in [0.1, 0.15) is 181 Å². The fraction of sp³-hybridized carbons (Fsp3) is 0.667. The number of phosphoric acid groups is 1. The molecule has 0 aromatic carbocycles. The number of unbranched alkanes of at least 4 members (excludes halogenated alkanes) is 14. The molecule has 10 heteroatoms. The van der Waals surface area contributed by atoms with Crippen molar-refractivity contribution in [3.8, 4) is 0 Å². The molecule has 64 heavy (non-hydrogen) atoms. The normalized spacial score (nSPS) is 14.3. The van der Waals surface area contributed by atoms with E-state index in [-0.39, 0.29) is 32.0 Å². The Morgan fingerprint density at radius 3 is 1.33 bits per heavy atom. The van der Waals surface area contributed by atoms with E-state index in [4.69, 9.17) is 18.5 Å². The van der Waals surface area contributed by atoms with Gasteiger partial charge in [0.1, 0.15) is 19.8 Å². The van der Waals surface area contributed by atoms with Gasteiger partial charge in [-0.15, -0.1) is 0 Å². The maximum atomic E-state index is 12.8. The molecule has 0 saturated carbocycles. The van der Waals surface area contributed by atoms with Crippen LogP contribution in [-0.4, -0.2) is 74.9 Å². The zero-order chi connectivity index (χ0) is 47.1. The summed E-state index contributed by atoms with van der Waals surface area (Å²) in [5, 5.41) is 0. The van der Waals surface area contributed by atoms with Crippen LogP contribution in [0, 0.1) is 0 Å². The molecular weight excluding hydrogens is 822 g/mol. The number of likely N-dealkylation sites (N-methyl/N-ethyl adjacent to an activating group) is 1. The topological polar surface area (TPSA) is 108 Å². The summed E-state index contributed by atoms with van der Waals surface area (Å²) < 4.78 is 34.4. The van der Waals surface area contributed by atoms with E-state index in [1.54, 1.807) is 0 Å². The van der Waals surface area contributed by atoms with E-state index in [1.165, 1.54) is 25.7 Å². The highest BCUT2D eigenvalue weighted by molar-refractivity contribution is 7.47. The summed E-state index contributed by atoms with van der Waals surface area (Å²) in [6.45, 7) is 4.23. The van der Waals surface area contributed by atoms with Crippen LogP contribution in [0.4, 0.5) is 0 Å². The molecule has 0 saturated heterocycles. The number of carbonyl (C=O) groups is 2. The summed E-state index contributed by atoms with van der Waals surface area (Å²) in [4.78, 5) is 35.5. The minimum atomic E-state index is -4.39. The molecule has 366 valence electrons. The largest absolute Gasteiger partial charge is 0.472 e. The van der Waals surface area contributed by atoms with Crippen LogP contribution in [0.3, 0.4) is 0 Å². The molecule has 2 unspecified atom stereocenters. The summed E-state index contributed by atoms with van der Waals surface area (Å²) in [7, 11) is 1.44. The van der Waals surface area contributed by atoms with Crippen LogP contribution < -0.4 is 0 Å². The second kappa shape index (κ2) is 45.1. The molecule has 0 aromatic rings. The van der Waals surface area contributed by atoms with Gasteiger partial charge in [-0.05, 0) is 96.3 Å². The highest BCUT2D eigenvalue weighted by Crippen LogP contribution is 2.43. The summed E-state index contributed by atoms with van der Waals surface area (Å²) in [6, 6.07) is 0. The van der Waals surface area contributed by atoms with Crippen molar-refractivity contribution in [1.29, 1.82) is 0 Å². The van der Waals surface area contributed by atoms with Crippen molar-refractivity contribution >= 4 is 19.8 Å². The SMILES string of the molecule is CC/C=C\C/C=C\C/C=C\C/C=C\C/C=C\C/C=C\CCCCCCCCC(=O)OC(COC(=O)CCCCCCC/C=C\C/C=C\CCCCC)COP(=O)(O)OCC[N+](C)(C)C. The molecule has 0 aliphatic carbocycles. The lowest BCUT2D eigenvalue weighted by atomic mass is 10.1. The van der Waals surface area contributed by atoms with Crippen molar-refractivity contribution in [2.45, 2.75) is 187 Å². The Balaban J connectivity index is 4.34. The van der Waals surface area contributed by atoms with E-state index in [2.05, 4.69) is 111 Å². The second-order valence-corrected chi connectivity index (χ2v) is 18.9. The summed E-state index contributed by atoms with van der Waals surface area (Å²) in [5.41, 5.74) is 0. The van der Waals surface area contributed by atoms with Crippen LogP contribution >= 0.6 is 7.82 Å². The van der Waals surface area contributed by atoms with Gasteiger partial charge in [-0.1, -0.05) is 169 Å². The Labute approximate surface area is 392 Å². The monoisotopic (exact) mass is 915 g/mol. The van der Waals surface area contributed by atoms with Gasteiger partial charge in [0, 0.05) is 12.8 Å². The molecule has 0 aromatic heterocycles. The molecule has 0 heterocycles. The molecule has 0 radical (unpaired) electrons. The number of esters is 2. The van der Waals surface area contributed by atoms with Gasteiger partial charge >= 0.3 is 19.8 Å². The zero-order valence-corrected chi connectivity index (χ0v) is 42.1. The first-order valence-electron chi connectivity index (χ1n) is 25.0. The first-order valence-corrected chi connectivity index (χ1v) is 26.5. The molecule has 0 rings (SSSR count). The lowest BCUT2D eigenvalue weighted by Crippen LogP contribution is -2.37. The van der Waals surface area contributed by atoms with Gasteiger partial charge in [0.15, 0.2) is 6.10 Å². The van der Waals surface area contributed by atoms with Gasteiger partial charge in [0.2, 0.25) is 0 Å². The third-order valence-electron chi connectivity index (χ3n) is 10.1. The third kappa shape index (κ3) is 48.4. The molecule has 0 aliphatic rings. The first-order chi connectivity index (χ1) is 31.0. The number of nitrogens with zero attached hydrogens (tertiary/aromatic N) is 1. The van der Waals surface area contributed by atoms with Gasteiger partial charge in [-0.3, -0.25) is 18.6 Å². The average Bonchev–Trinajstić information content (AvgIpc) is 3.25. The number of allylic oxidation sites excluding steroid dienone is 16. The molecule has 9 nitrogen and oxygen atoms in total. The Morgan fingerprint density at radius 2 is 0.891 bits per heavy atom. The quantitative estimate of drug-likeness (QED) is 0.0212. The van der Waals surface area contributed by atoms with E-state index in [0.717, 1.165) is 116 Å². The molecular formula is C54H93NO8P+. The van der Waals surface area contributed by atoms with Gasteiger partial charge in [0.25, 0.3) is 0 Å². The molecule has 0 bridgehead atoms. The number of hydrogen-bond donors (Lipinski definition) is 1. The van der Waals surface area contributed by atoms with E-state index >= 15 is 0 Å². The Hall–Kier alpha value is -3.07. The number of rotatable bonds is 44. The van der Waals surface area contributed by atoms with Gasteiger partial charge in [0.05, 0.1) is 27.7 Å². The second-order valence-electron chi connectivity index (χ2n) is 17.5. The summed E-state index contributed by atoms with van der Waals surface area (Å²) in [6.07, 6.45) is 60.2. The van der Waals surface area contributed by atoms with Gasteiger partial charge in [-0.25, -0.2) is 4.57 Å². The minimum absolute atomic E-state index is 0.0206. The summed E-state index contributed by atoms with van der Waals surface area (Å²) >= 11 is 0. The predicted molar refractivity (Wildman–Crippen MR) is 270 cm³/mol. The standard InChI is InChI=1S/C54H92NO8P/c1-6-8-10-12-14-16-18-20-22-23-24-25-26-27-28-29-30-31-33-35-37-39-41-43-45-47-54(57)63-52(51-62-64(58,59)61-49-48-55(3,4)5)50-60-53(56)46-44-42-40-38-36-34-32-21-19-17-15-13-11-9-7-2/h8,10,14-17,20-22,24-25,27-28,30-32,52H,6-7,9,11-13,18-19,23,26,29,33-51H2,1-5H3/p+1/b10-8-,16-14-,17-15-,22-20-,25-24-,28-27-,31-30-,32-21-. The number of phosphoric ester groups is 1. The van der Waals surface area contributed by atoms with E-state index in [9.17, 15) is 19.0 Å². The zero-order valence-electron chi connectivity index (χ0n) is 41.2. The fourth-order valence-electron chi connectivity index (χ4n) is 6.22. The van der Waals surface area contributed by atoms with Crippen molar-refractivity contribution in [2.75, 3.05) is 47.5 Å². The van der Waals surface area contributed by atoms with Crippen molar-refractivity contribution in [1.82, 2.24) is 0 Å². The van der Waals surface area contributed by atoms with Crippen LogP contribution in [0.2, 0.25) is 0 Å². The average molecular weight is 915 g/mol. The van der Waals surface area contributed by atoms with Crippen molar-refractivity contribution < 1.29 is 42.1 Å². The Bertz CT molecular complexity index is 1400. The number of ether oxygens (including phenoxy) is 2. The lowest BCUT2D eigenvalue weighted by Gasteiger charge is -2.24. The van der Waals surface area contributed by atoms with Crippen molar-refractivity contribution in [2.24, 2.45) is 0 Å². The fourth-order valence-corrected chi connectivity index (χ4v) is 6.96. The maximum Gasteiger partial charge on any atom is 0.472 e. The molecule has 2 atom stereocenters. The van der Waals surface area contributed by atoms with E-state index in [0.29, 0.717) is 23.9 Å². The third-order valence-corrected chi connectivity index (χ3v) is 11.1. The number of hydrogen-bond acceptors (Lipinski definition) is 7. The predicted octanol–water partition coefficient (Wildman–Crippen LogP) is 14.9. The maximum absolute atomic E-state index is 12.8. The molecule has 0 fully saturated rings. The van der Waals surface area contributed by atoms with Crippen LogP contribution in [0.15, 0.2) is 97.2 Å². The highest BCUT2D eigenvalue weighted by atomic mass is 31.2.